The lowest BCUT2D eigenvalue weighted by atomic mass is 10.1. The van der Waals surface area contributed by atoms with Crippen LogP contribution in [0.1, 0.15) is 47.9 Å². The lowest BCUT2D eigenvalue weighted by Crippen LogP contribution is -2.35. The molecule has 0 saturated carbocycles. The van der Waals surface area contributed by atoms with E-state index in [0.29, 0.717) is 6.04 Å². The van der Waals surface area contributed by atoms with Crippen LogP contribution in [0.4, 0.5) is 0 Å². The second-order valence-electron chi connectivity index (χ2n) is 6.52. The molecule has 4 heteroatoms. The number of rotatable bonds is 4. The van der Waals surface area contributed by atoms with E-state index in [0.717, 1.165) is 54.2 Å². The number of ether oxygens (including phenoxy) is 1. The minimum atomic E-state index is 0.173. The molecular weight excluding hydrogens is 300 g/mol. The van der Waals surface area contributed by atoms with Crippen molar-refractivity contribution in [2.75, 3.05) is 13.7 Å². The van der Waals surface area contributed by atoms with E-state index >= 15 is 0 Å². The quantitative estimate of drug-likeness (QED) is 0.847. The molecule has 1 unspecified atom stereocenters. The van der Waals surface area contributed by atoms with Crippen LogP contribution in [0, 0.1) is 13.8 Å². The lowest BCUT2D eigenvalue weighted by Gasteiger charge is -2.23. The maximum absolute atomic E-state index is 13.0. The summed E-state index contributed by atoms with van der Waals surface area (Å²) in [5.74, 6) is 1.01. The Morgan fingerprint density at radius 2 is 1.96 bits per heavy atom. The van der Waals surface area contributed by atoms with Crippen LogP contribution in [-0.4, -0.2) is 35.1 Å². The van der Waals surface area contributed by atoms with E-state index in [9.17, 15) is 4.79 Å². The van der Waals surface area contributed by atoms with Crippen LogP contribution in [0.15, 0.2) is 30.3 Å². The van der Waals surface area contributed by atoms with Crippen molar-refractivity contribution < 1.29 is 9.53 Å². The van der Waals surface area contributed by atoms with E-state index in [1.165, 1.54) is 0 Å². The number of amides is 1. The second-order valence-corrected chi connectivity index (χ2v) is 6.52. The van der Waals surface area contributed by atoms with Crippen molar-refractivity contribution in [1.29, 1.82) is 0 Å². The first-order chi connectivity index (χ1) is 11.6. The Morgan fingerprint density at radius 1 is 1.25 bits per heavy atom. The smallest absolute Gasteiger partial charge is 0.255 e. The van der Waals surface area contributed by atoms with Gasteiger partial charge < -0.3 is 14.2 Å². The molecule has 1 aliphatic rings. The number of methoxy groups -OCH3 is 1. The Balaban J connectivity index is 1.95. The molecule has 1 aromatic heterocycles. The van der Waals surface area contributed by atoms with Gasteiger partial charge in [-0.25, -0.2) is 0 Å². The third kappa shape index (κ3) is 2.81. The average Bonchev–Trinajstić information content (AvgIpc) is 3.19. The van der Waals surface area contributed by atoms with Crippen molar-refractivity contribution in [3.8, 4) is 11.4 Å². The van der Waals surface area contributed by atoms with Crippen LogP contribution in [0.25, 0.3) is 5.69 Å². The Bertz CT molecular complexity index is 731. The Kier molecular flexibility index (Phi) is 4.65. The number of benzene rings is 1. The molecule has 1 amide bonds. The fourth-order valence-corrected chi connectivity index (χ4v) is 3.79. The number of hydrogen-bond donors (Lipinski definition) is 0. The number of aryl methyl sites for hydroxylation is 1. The van der Waals surface area contributed by atoms with Crippen molar-refractivity contribution in [2.45, 2.75) is 46.1 Å². The van der Waals surface area contributed by atoms with Gasteiger partial charge in [0.25, 0.3) is 5.91 Å². The standard InChI is InChI=1S/C20H26N2O2/c1-5-16-7-6-12-21(16)20(23)19-13-14(2)22(15(19)3)17-8-10-18(24-4)11-9-17/h8-11,13,16H,5-7,12H2,1-4H3. The summed E-state index contributed by atoms with van der Waals surface area (Å²) in [7, 11) is 1.66. The minimum absolute atomic E-state index is 0.173. The molecule has 0 spiro atoms. The first-order valence-corrected chi connectivity index (χ1v) is 8.71. The molecule has 24 heavy (non-hydrogen) atoms. The summed E-state index contributed by atoms with van der Waals surface area (Å²) in [4.78, 5) is 15.1. The summed E-state index contributed by atoms with van der Waals surface area (Å²) < 4.78 is 7.37. The zero-order valence-electron chi connectivity index (χ0n) is 15.0. The molecule has 0 N–H and O–H groups in total. The molecule has 0 bridgehead atoms. The van der Waals surface area contributed by atoms with E-state index in [-0.39, 0.29) is 5.91 Å². The third-order valence-corrected chi connectivity index (χ3v) is 5.10. The first-order valence-electron chi connectivity index (χ1n) is 8.71. The first kappa shape index (κ1) is 16.6. The number of likely N-dealkylation sites (tertiary alicyclic amines) is 1. The van der Waals surface area contributed by atoms with Gasteiger partial charge in [-0.05, 0) is 63.4 Å². The largest absolute Gasteiger partial charge is 0.497 e. The highest BCUT2D eigenvalue weighted by Crippen LogP contribution is 2.27. The lowest BCUT2D eigenvalue weighted by molar-refractivity contribution is 0.0733. The summed E-state index contributed by atoms with van der Waals surface area (Å²) in [6.45, 7) is 7.12. The number of hydrogen-bond acceptors (Lipinski definition) is 2. The van der Waals surface area contributed by atoms with E-state index in [1.54, 1.807) is 7.11 Å². The van der Waals surface area contributed by atoms with Gasteiger partial charge in [-0.1, -0.05) is 6.92 Å². The SMILES string of the molecule is CCC1CCCN1C(=O)c1cc(C)n(-c2ccc(OC)cc2)c1C. The molecular formula is C20H26N2O2. The predicted molar refractivity (Wildman–Crippen MR) is 96.1 cm³/mol. The highest BCUT2D eigenvalue weighted by Gasteiger charge is 2.30. The molecule has 4 nitrogen and oxygen atoms in total. The molecule has 1 saturated heterocycles. The molecule has 2 aromatic rings. The molecule has 1 atom stereocenters. The molecule has 0 radical (unpaired) electrons. The summed E-state index contributed by atoms with van der Waals surface area (Å²) in [5, 5.41) is 0. The number of carbonyl (C=O) groups is 1. The minimum Gasteiger partial charge on any atom is -0.497 e. The molecule has 2 heterocycles. The fourth-order valence-electron chi connectivity index (χ4n) is 3.79. The average molecular weight is 326 g/mol. The zero-order chi connectivity index (χ0) is 17.3. The van der Waals surface area contributed by atoms with Gasteiger partial charge in [0.2, 0.25) is 0 Å². The normalized spacial score (nSPS) is 17.3. The van der Waals surface area contributed by atoms with Crippen LogP contribution in [0.5, 0.6) is 5.75 Å². The van der Waals surface area contributed by atoms with Gasteiger partial charge in [-0.2, -0.15) is 0 Å². The van der Waals surface area contributed by atoms with Gasteiger partial charge in [0.15, 0.2) is 0 Å². The van der Waals surface area contributed by atoms with Crippen molar-refractivity contribution in [1.82, 2.24) is 9.47 Å². The molecule has 1 fully saturated rings. The molecule has 1 aliphatic heterocycles. The van der Waals surface area contributed by atoms with Crippen LogP contribution >= 0.6 is 0 Å². The highest BCUT2D eigenvalue weighted by molar-refractivity contribution is 5.96. The summed E-state index contributed by atoms with van der Waals surface area (Å²) in [6.07, 6.45) is 3.27. The van der Waals surface area contributed by atoms with Gasteiger partial charge in [0, 0.05) is 29.7 Å². The second kappa shape index (κ2) is 6.71. The maximum Gasteiger partial charge on any atom is 0.255 e. The monoisotopic (exact) mass is 326 g/mol. The van der Waals surface area contributed by atoms with Gasteiger partial charge in [0.1, 0.15) is 5.75 Å². The predicted octanol–water partition coefficient (Wildman–Crippen LogP) is 4.12. The topological polar surface area (TPSA) is 34.5 Å². The molecule has 3 rings (SSSR count). The maximum atomic E-state index is 13.0. The molecule has 0 aliphatic carbocycles. The van der Waals surface area contributed by atoms with E-state index in [4.69, 9.17) is 4.74 Å². The van der Waals surface area contributed by atoms with Crippen LogP contribution in [0.3, 0.4) is 0 Å². The molecule has 128 valence electrons. The Morgan fingerprint density at radius 3 is 2.58 bits per heavy atom. The van der Waals surface area contributed by atoms with E-state index in [2.05, 4.69) is 23.3 Å². The van der Waals surface area contributed by atoms with Crippen molar-refractivity contribution in [3.05, 3.63) is 47.3 Å². The Hall–Kier alpha value is -2.23. The summed E-state index contributed by atoms with van der Waals surface area (Å²) >= 11 is 0. The number of carbonyl (C=O) groups excluding carboxylic acids is 1. The number of aromatic nitrogens is 1. The van der Waals surface area contributed by atoms with E-state index in [1.807, 2.05) is 37.3 Å². The number of nitrogens with zero attached hydrogens (tertiary/aromatic N) is 2. The van der Waals surface area contributed by atoms with Crippen LogP contribution in [0.2, 0.25) is 0 Å². The fraction of sp³-hybridized carbons (Fsp3) is 0.450. The van der Waals surface area contributed by atoms with Gasteiger partial charge in [0.05, 0.1) is 12.7 Å². The van der Waals surface area contributed by atoms with Crippen LogP contribution in [-0.2, 0) is 0 Å². The van der Waals surface area contributed by atoms with Gasteiger partial charge >= 0.3 is 0 Å². The third-order valence-electron chi connectivity index (χ3n) is 5.10. The van der Waals surface area contributed by atoms with Crippen LogP contribution < -0.4 is 4.74 Å². The molecule has 1 aromatic carbocycles. The highest BCUT2D eigenvalue weighted by atomic mass is 16.5. The van der Waals surface area contributed by atoms with Crippen molar-refractivity contribution in [3.63, 3.8) is 0 Å². The van der Waals surface area contributed by atoms with Gasteiger partial charge in [-0.3, -0.25) is 4.79 Å². The zero-order valence-corrected chi connectivity index (χ0v) is 15.0. The van der Waals surface area contributed by atoms with E-state index < -0.39 is 0 Å². The van der Waals surface area contributed by atoms with Gasteiger partial charge in [-0.15, -0.1) is 0 Å². The van der Waals surface area contributed by atoms with Crippen molar-refractivity contribution >= 4 is 5.91 Å². The summed E-state index contributed by atoms with van der Waals surface area (Å²) in [5.41, 5.74) is 3.96. The Labute approximate surface area is 144 Å². The summed E-state index contributed by atoms with van der Waals surface area (Å²) in [6, 6.07) is 10.4. The van der Waals surface area contributed by atoms with Crippen molar-refractivity contribution in [2.24, 2.45) is 0 Å².